The lowest BCUT2D eigenvalue weighted by Gasteiger charge is -2.32. The molecule has 4 heterocycles. The fraction of sp³-hybridized carbons (Fsp3) is 0.765. The zero-order chi connectivity index (χ0) is 18.6. The molecule has 1 saturated heterocycles. The lowest BCUT2D eigenvalue weighted by atomic mass is 9.96. The Hall–Kier alpha value is -1.97. The first kappa shape index (κ1) is 18.4. The highest BCUT2D eigenvalue weighted by Gasteiger charge is 2.29. The molecule has 0 aliphatic carbocycles. The van der Waals surface area contributed by atoms with E-state index >= 15 is 0 Å². The van der Waals surface area contributed by atoms with Crippen LogP contribution in [-0.2, 0) is 24.8 Å². The van der Waals surface area contributed by atoms with Gasteiger partial charge in [0.05, 0.1) is 0 Å². The first-order chi connectivity index (χ1) is 13.2. The number of fused-ring (bicyclic) bond motifs is 1. The molecule has 0 aromatic carbocycles. The summed E-state index contributed by atoms with van der Waals surface area (Å²) in [6.45, 7) is 2.62. The SMILES string of the molecule is Cn1nnnc1SCCC(=O)N1CCCC(c2nnc3n2CCCCC3)C1. The summed E-state index contributed by atoms with van der Waals surface area (Å²) >= 11 is 1.52. The number of thioether (sulfide) groups is 1. The lowest BCUT2D eigenvalue weighted by Crippen LogP contribution is -2.40. The number of carbonyl (C=O) groups excluding carboxylic acids is 1. The summed E-state index contributed by atoms with van der Waals surface area (Å²) in [5.74, 6) is 3.41. The lowest BCUT2D eigenvalue weighted by molar-refractivity contribution is -0.132. The number of aromatic nitrogens is 7. The topological polar surface area (TPSA) is 94.6 Å². The van der Waals surface area contributed by atoms with Crippen molar-refractivity contribution in [2.75, 3.05) is 18.8 Å². The predicted molar refractivity (Wildman–Crippen MR) is 100 cm³/mol. The van der Waals surface area contributed by atoms with E-state index in [4.69, 9.17) is 0 Å². The molecule has 0 N–H and O–H groups in total. The number of likely N-dealkylation sites (tertiary alicyclic amines) is 1. The number of tetrazole rings is 1. The summed E-state index contributed by atoms with van der Waals surface area (Å²) < 4.78 is 3.95. The fourth-order valence-electron chi connectivity index (χ4n) is 3.96. The Morgan fingerprint density at radius 3 is 2.93 bits per heavy atom. The molecule has 2 aliphatic heterocycles. The van der Waals surface area contributed by atoms with Crippen LogP contribution in [0.3, 0.4) is 0 Å². The number of hydrogen-bond donors (Lipinski definition) is 0. The molecule has 1 amide bonds. The molecule has 2 aromatic rings. The Kier molecular flexibility index (Phi) is 5.70. The van der Waals surface area contributed by atoms with Crippen molar-refractivity contribution in [3.05, 3.63) is 11.6 Å². The quantitative estimate of drug-likeness (QED) is 0.713. The maximum Gasteiger partial charge on any atom is 0.223 e. The summed E-state index contributed by atoms with van der Waals surface area (Å²) in [4.78, 5) is 14.7. The van der Waals surface area contributed by atoms with Crippen molar-refractivity contribution < 1.29 is 4.79 Å². The molecule has 2 aliphatic rings. The minimum absolute atomic E-state index is 0.206. The number of nitrogens with zero attached hydrogens (tertiary/aromatic N) is 8. The van der Waals surface area contributed by atoms with E-state index in [-0.39, 0.29) is 5.91 Å². The van der Waals surface area contributed by atoms with Crippen LogP contribution >= 0.6 is 11.8 Å². The Labute approximate surface area is 162 Å². The highest BCUT2D eigenvalue weighted by Crippen LogP contribution is 2.28. The van der Waals surface area contributed by atoms with Gasteiger partial charge in [-0.15, -0.1) is 15.3 Å². The smallest absolute Gasteiger partial charge is 0.223 e. The molecule has 10 heteroatoms. The number of rotatable bonds is 5. The molecule has 1 fully saturated rings. The van der Waals surface area contributed by atoms with Crippen molar-refractivity contribution in [2.24, 2.45) is 7.05 Å². The Morgan fingerprint density at radius 1 is 1.15 bits per heavy atom. The number of aryl methyl sites for hydroxylation is 2. The van der Waals surface area contributed by atoms with E-state index in [0.717, 1.165) is 55.7 Å². The molecular formula is C17H26N8OS. The van der Waals surface area contributed by atoms with Crippen LogP contribution in [0, 0.1) is 0 Å². The molecule has 0 spiro atoms. The van der Waals surface area contributed by atoms with Gasteiger partial charge in [-0.1, -0.05) is 18.2 Å². The van der Waals surface area contributed by atoms with Crippen molar-refractivity contribution in [2.45, 2.75) is 62.6 Å². The first-order valence-corrected chi connectivity index (χ1v) is 10.8. The second kappa shape index (κ2) is 8.37. The molecule has 0 radical (unpaired) electrons. The van der Waals surface area contributed by atoms with Gasteiger partial charge in [0.25, 0.3) is 0 Å². The van der Waals surface area contributed by atoms with Gasteiger partial charge < -0.3 is 9.47 Å². The minimum atomic E-state index is 0.206. The summed E-state index contributed by atoms with van der Waals surface area (Å²) in [6, 6.07) is 0. The van der Waals surface area contributed by atoms with E-state index in [1.54, 1.807) is 11.7 Å². The van der Waals surface area contributed by atoms with Crippen LogP contribution in [0.25, 0.3) is 0 Å². The van der Waals surface area contributed by atoms with Crippen LogP contribution in [-0.4, -0.2) is 64.6 Å². The van der Waals surface area contributed by atoms with Gasteiger partial charge in [-0.25, -0.2) is 4.68 Å². The largest absolute Gasteiger partial charge is 0.342 e. The number of carbonyl (C=O) groups is 1. The molecule has 0 saturated carbocycles. The third-order valence-corrected chi connectivity index (χ3v) is 6.42. The van der Waals surface area contributed by atoms with Crippen molar-refractivity contribution in [1.82, 2.24) is 39.9 Å². The Balaban J connectivity index is 1.34. The molecular weight excluding hydrogens is 364 g/mol. The molecule has 146 valence electrons. The monoisotopic (exact) mass is 390 g/mol. The van der Waals surface area contributed by atoms with E-state index in [0.29, 0.717) is 18.1 Å². The maximum atomic E-state index is 12.7. The maximum absolute atomic E-state index is 12.7. The van der Waals surface area contributed by atoms with Crippen molar-refractivity contribution in [3.8, 4) is 0 Å². The summed E-state index contributed by atoms with van der Waals surface area (Å²) in [6.07, 6.45) is 7.29. The zero-order valence-corrected chi connectivity index (χ0v) is 16.6. The van der Waals surface area contributed by atoms with Gasteiger partial charge in [0.2, 0.25) is 11.1 Å². The van der Waals surface area contributed by atoms with Crippen LogP contribution in [0.2, 0.25) is 0 Å². The van der Waals surface area contributed by atoms with Crippen LogP contribution < -0.4 is 0 Å². The fourth-order valence-corrected chi connectivity index (χ4v) is 4.73. The summed E-state index contributed by atoms with van der Waals surface area (Å²) in [7, 11) is 1.81. The average molecular weight is 391 g/mol. The van der Waals surface area contributed by atoms with Gasteiger partial charge in [-0.3, -0.25) is 4.79 Å². The third-order valence-electron chi connectivity index (χ3n) is 5.41. The highest BCUT2D eigenvalue weighted by molar-refractivity contribution is 7.99. The Bertz CT molecular complexity index is 788. The first-order valence-electron chi connectivity index (χ1n) is 9.77. The number of amides is 1. The van der Waals surface area contributed by atoms with Crippen LogP contribution in [0.1, 0.15) is 56.1 Å². The molecule has 9 nitrogen and oxygen atoms in total. The van der Waals surface area contributed by atoms with Crippen molar-refractivity contribution >= 4 is 17.7 Å². The van der Waals surface area contributed by atoms with Gasteiger partial charge in [0.1, 0.15) is 11.6 Å². The molecule has 4 rings (SSSR count). The third kappa shape index (κ3) is 4.15. The van der Waals surface area contributed by atoms with Crippen LogP contribution in [0.5, 0.6) is 0 Å². The molecule has 27 heavy (non-hydrogen) atoms. The van der Waals surface area contributed by atoms with Crippen molar-refractivity contribution in [3.63, 3.8) is 0 Å². The second-order valence-corrected chi connectivity index (χ2v) is 8.36. The minimum Gasteiger partial charge on any atom is -0.342 e. The van der Waals surface area contributed by atoms with Gasteiger partial charge in [0.15, 0.2) is 0 Å². The van der Waals surface area contributed by atoms with E-state index in [9.17, 15) is 4.79 Å². The normalized spacial score (nSPS) is 20.3. The number of piperidine rings is 1. The van der Waals surface area contributed by atoms with Crippen LogP contribution in [0.15, 0.2) is 5.16 Å². The Morgan fingerprint density at radius 2 is 2.07 bits per heavy atom. The van der Waals surface area contributed by atoms with E-state index < -0.39 is 0 Å². The predicted octanol–water partition coefficient (Wildman–Crippen LogP) is 1.42. The summed E-state index contributed by atoms with van der Waals surface area (Å²) in [5, 5.41) is 21.1. The standard InChI is InChI=1S/C17H26N8OS/c1-23-17(20-21-22-23)27-11-8-15(26)24-9-5-6-13(12-24)16-19-18-14-7-3-2-4-10-25(14)16/h13H,2-12H2,1H3. The second-order valence-electron chi connectivity index (χ2n) is 7.30. The van der Waals surface area contributed by atoms with Gasteiger partial charge in [0, 0.05) is 51.2 Å². The van der Waals surface area contributed by atoms with Gasteiger partial charge in [-0.05, 0) is 36.1 Å². The van der Waals surface area contributed by atoms with E-state index in [1.807, 2.05) is 4.90 Å². The molecule has 1 unspecified atom stereocenters. The van der Waals surface area contributed by atoms with E-state index in [1.165, 1.54) is 31.0 Å². The zero-order valence-electron chi connectivity index (χ0n) is 15.7. The summed E-state index contributed by atoms with van der Waals surface area (Å²) in [5.41, 5.74) is 0. The number of hydrogen-bond acceptors (Lipinski definition) is 7. The molecule has 0 bridgehead atoms. The average Bonchev–Trinajstić information content (AvgIpc) is 3.20. The van der Waals surface area contributed by atoms with Crippen LogP contribution in [0.4, 0.5) is 0 Å². The highest BCUT2D eigenvalue weighted by atomic mass is 32.2. The van der Waals surface area contributed by atoms with E-state index in [2.05, 4.69) is 30.3 Å². The molecule has 1 atom stereocenters. The van der Waals surface area contributed by atoms with Crippen molar-refractivity contribution in [1.29, 1.82) is 0 Å². The van der Waals surface area contributed by atoms with Gasteiger partial charge >= 0.3 is 0 Å². The van der Waals surface area contributed by atoms with Gasteiger partial charge in [-0.2, -0.15) is 0 Å². The molecule has 2 aromatic heterocycles.